The van der Waals surface area contributed by atoms with Gasteiger partial charge in [0, 0.05) is 18.8 Å². The van der Waals surface area contributed by atoms with E-state index in [0.29, 0.717) is 6.29 Å². The number of hydrogen-bond acceptors (Lipinski definition) is 2. The molecule has 1 heterocycles. The SMILES string of the molecule is Cn1cc(-c2ccc(F)c(C=O)c2)cn1. The first kappa shape index (κ1) is 9.58. The van der Waals surface area contributed by atoms with Gasteiger partial charge in [0.1, 0.15) is 5.82 Å². The first-order chi connectivity index (χ1) is 7.20. The van der Waals surface area contributed by atoms with Crippen LogP contribution in [0.1, 0.15) is 10.4 Å². The monoisotopic (exact) mass is 204 g/mol. The molecule has 0 aliphatic carbocycles. The Hall–Kier alpha value is -1.97. The Morgan fingerprint density at radius 3 is 2.80 bits per heavy atom. The third-order valence-corrected chi connectivity index (χ3v) is 2.16. The zero-order valence-electron chi connectivity index (χ0n) is 8.14. The summed E-state index contributed by atoms with van der Waals surface area (Å²) < 4.78 is 14.7. The van der Waals surface area contributed by atoms with E-state index in [2.05, 4.69) is 5.10 Å². The molecule has 0 aliphatic rings. The molecule has 2 rings (SSSR count). The fraction of sp³-hybridized carbons (Fsp3) is 0.0909. The van der Waals surface area contributed by atoms with E-state index in [-0.39, 0.29) is 5.56 Å². The van der Waals surface area contributed by atoms with Gasteiger partial charge >= 0.3 is 0 Å². The van der Waals surface area contributed by atoms with Crippen molar-refractivity contribution < 1.29 is 9.18 Å². The van der Waals surface area contributed by atoms with Crippen LogP contribution in [0, 0.1) is 5.82 Å². The maximum atomic E-state index is 13.0. The second-order valence-electron chi connectivity index (χ2n) is 3.26. The molecular formula is C11H9FN2O. The Kier molecular flexibility index (Phi) is 2.33. The fourth-order valence-electron chi connectivity index (χ4n) is 1.38. The summed E-state index contributed by atoms with van der Waals surface area (Å²) in [6.07, 6.45) is 3.98. The smallest absolute Gasteiger partial charge is 0.153 e. The molecule has 76 valence electrons. The topological polar surface area (TPSA) is 34.9 Å². The van der Waals surface area contributed by atoms with Crippen LogP contribution in [-0.2, 0) is 7.05 Å². The zero-order chi connectivity index (χ0) is 10.8. The molecule has 3 nitrogen and oxygen atoms in total. The molecule has 1 aromatic heterocycles. The summed E-state index contributed by atoms with van der Waals surface area (Å²) in [5.41, 5.74) is 1.71. The average Bonchev–Trinajstić information content (AvgIpc) is 2.66. The molecule has 2 aromatic rings. The number of carbonyl (C=O) groups is 1. The maximum Gasteiger partial charge on any atom is 0.153 e. The highest BCUT2D eigenvalue weighted by Crippen LogP contribution is 2.20. The van der Waals surface area contributed by atoms with Gasteiger partial charge in [-0.25, -0.2) is 4.39 Å². The van der Waals surface area contributed by atoms with Crippen molar-refractivity contribution in [3.8, 4) is 11.1 Å². The van der Waals surface area contributed by atoms with Gasteiger partial charge in [0.05, 0.1) is 11.8 Å². The minimum atomic E-state index is -0.502. The highest BCUT2D eigenvalue weighted by Gasteiger charge is 2.05. The maximum absolute atomic E-state index is 13.0. The van der Waals surface area contributed by atoms with Crippen molar-refractivity contribution in [3.05, 3.63) is 42.0 Å². The highest BCUT2D eigenvalue weighted by atomic mass is 19.1. The summed E-state index contributed by atoms with van der Waals surface area (Å²) in [7, 11) is 1.80. The van der Waals surface area contributed by atoms with Crippen molar-refractivity contribution in [1.82, 2.24) is 9.78 Å². The second-order valence-corrected chi connectivity index (χ2v) is 3.26. The molecule has 4 heteroatoms. The summed E-state index contributed by atoms with van der Waals surface area (Å²) in [6.45, 7) is 0. The number of carbonyl (C=O) groups excluding carboxylic acids is 1. The Morgan fingerprint density at radius 1 is 1.40 bits per heavy atom. The molecule has 0 bridgehead atoms. The molecule has 0 unspecified atom stereocenters. The van der Waals surface area contributed by atoms with Crippen LogP contribution < -0.4 is 0 Å². The standard InChI is InChI=1S/C11H9FN2O/c1-14-6-10(5-13-14)8-2-3-11(12)9(4-8)7-15/h2-7H,1H3. The number of hydrogen-bond donors (Lipinski definition) is 0. The van der Waals surface area contributed by atoms with Gasteiger partial charge < -0.3 is 0 Å². The number of aryl methyl sites for hydroxylation is 1. The number of halogens is 1. The number of aldehydes is 1. The number of nitrogens with zero attached hydrogens (tertiary/aromatic N) is 2. The Balaban J connectivity index is 2.50. The highest BCUT2D eigenvalue weighted by molar-refractivity contribution is 5.79. The van der Waals surface area contributed by atoms with Crippen LogP contribution in [0.2, 0.25) is 0 Å². The van der Waals surface area contributed by atoms with Crippen LogP contribution in [0.3, 0.4) is 0 Å². The first-order valence-electron chi connectivity index (χ1n) is 4.44. The normalized spacial score (nSPS) is 10.3. The van der Waals surface area contributed by atoms with Crippen LogP contribution >= 0.6 is 0 Å². The molecule has 0 atom stereocenters. The van der Waals surface area contributed by atoms with Crippen molar-refractivity contribution >= 4 is 6.29 Å². The van der Waals surface area contributed by atoms with Gasteiger partial charge in [0.25, 0.3) is 0 Å². The first-order valence-corrected chi connectivity index (χ1v) is 4.44. The lowest BCUT2D eigenvalue weighted by molar-refractivity contribution is 0.112. The molecular weight excluding hydrogens is 195 g/mol. The van der Waals surface area contributed by atoms with Crippen molar-refractivity contribution in [2.24, 2.45) is 7.05 Å². The van der Waals surface area contributed by atoms with E-state index in [1.54, 1.807) is 24.0 Å². The van der Waals surface area contributed by atoms with E-state index in [1.807, 2.05) is 6.20 Å². The predicted octanol–water partition coefficient (Wildman–Crippen LogP) is 2.04. The molecule has 0 N–H and O–H groups in total. The molecule has 0 aliphatic heterocycles. The summed E-state index contributed by atoms with van der Waals surface area (Å²) in [5, 5.41) is 4.01. The predicted molar refractivity (Wildman–Crippen MR) is 54.0 cm³/mol. The van der Waals surface area contributed by atoms with Crippen LogP contribution in [-0.4, -0.2) is 16.1 Å². The minimum absolute atomic E-state index is 0.0661. The molecule has 0 fully saturated rings. The molecule has 0 saturated heterocycles. The van der Waals surface area contributed by atoms with E-state index in [1.165, 1.54) is 12.1 Å². The van der Waals surface area contributed by atoms with Crippen LogP contribution in [0.4, 0.5) is 4.39 Å². The van der Waals surface area contributed by atoms with Gasteiger partial charge in [-0.1, -0.05) is 6.07 Å². The third-order valence-electron chi connectivity index (χ3n) is 2.16. The Bertz CT molecular complexity index is 505. The summed E-state index contributed by atoms with van der Waals surface area (Å²) in [5.74, 6) is -0.502. The van der Waals surface area contributed by atoms with Crippen molar-refractivity contribution in [3.63, 3.8) is 0 Å². The summed E-state index contributed by atoms with van der Waals surface area (Å²) in [6, 6.07) is 4.42. The number of aromatic nitrogens is 2. The lowest BCUT2D eigenvalue weighted by atomic mass is 10.1. The lowest BCUT2D eigenvalue weighted by Crippen LogP contribution is -1.88. The van der Waals surface area contributed by atoms with Crippen LogP contribution in [0.15, 0.2) is 30.6 Å². The van der Waals surface area contributed by atoms with Gasteiger partial charge in [-0.2, -0.15) is 5.10 Å². The largest absolute Gasteiger partial charge is 0.298 e. The Morgan fingerprint density at radius 2 is 2.20 bits per heavy atom. The van der Waals surface area contributed by atoms with Gasteiger partial charge in [0.2, 0.25) is 0 Å². The van der Waals surface area contributed by atoms with Gasteiger partial charge in [0.15, 0.2) is 6.29 Å². The van der Waals surface area contributed by atoms with E-state index in [9.17, 15) is 9.18 Å². The summed E-state index contributed by atoms with van der Waals surface area (Å²) in [4.78, 5) is 10.6. The Labute approximate surface area is 86.2 Å². The average molecular weight is 204 g/mol. The molecule has 1 aromatic carbocycles. The van der Waals surface area contributed by atoms with E-state index in [4.69, 9.17) is 0 Å². The second kappa shape index (κ2) is 3.65. The van der Waals surface area contributed by atoms with Gasteiger partial charge in [-0.15, -0.1) is 0 Å². The van der Waals surface area contributed by atoms with Crippen LogP contribution in [0.5, 0.6) is 0 Å². The molecule has 0 saturated carbocycles. The number of rotatable bonds is 2. The van der Waals surface area contributed by atoms with E-state index >= 15 is 0 Å². The van der Waals surface area contributed by atoms with Crippen LogP contribution in [0.25, 0.3) is 11.1 Å². The lowest BCUT2D eigenvalue weighted by Gasteiger charge is -1.99. The van der Waals surface area contributed by atoms with Crippen molar-refractivity contribution in [2.75, 3.05) is 0 Å². The van der Waals surface area contributed by atoms with Crippen molar-refractivity contribution in [1.29, 1.82) is 0 Å². The molecule has 15 heavy (non-hydrogen) atoms. The molecule has 0 amide bonds. The quantitative estimate of drug-likeness (QED) is 0.701. The molecule has 0 spiro atoms. The van der Waals surface area contributed by atoms with E-state index in [0.717, 1.165) is 11.1 Å². The van der Waals surface area contributed by atoms with E-state index < -0.39 is 5.82 Å². The van der Waals surface area contributed by atoms with Gasteiger partial charge in [-0.3, -0.25) is 9.48 Å². The van der Waals surface area contributed by atoms with Gasteiger partial charge in [-0.05, 0) is 17.7 Å². The number of benzene rings is 1. The molecule has 0 radical (unpaired) electrons. The fourth-order valence-corrected chi connectivity index (χ4v) is 1.38. The van der Waals surface area contributed by atoms with Crippen molar-refractivity contribution in [2.45, 2.75) is 0 Å². The third kappa shape index (κ3) is 1.79. The summed E-state index contributed by atoms with van der Waals surface area (Å²) >= 11 is 0. The zero-order valence-corrected chi connectivity index (χ0v) is 8.14. The minimum Gasteiger partial charge on any atom is -0.298 e.